The predicted octanol–water partition coefficient (Wildman–Crippen LogP) is 8.93. The van der Waals surface area contributed by atoms with E-state index in [2.05, 4.69) is 36.9 Å². The average molecular weight is 498 g/mol. The van der Waals surface area contributed by atoms with E-state index < -0.39 is 6.10 Å². The van der Waals surface area contributed by atoms with E-state index in [1.165, 1.54) is 64.2 Å². The maximum absolute atomic E-state index is 11.5. The average Bonchev–Trinajstić information content (AvgIpc) is 2.87. The van der Waals surface area contributed by atoms with E-state index >= 15 is 0 Å². The van der Waals surface area contributed by atoms with Crippen molar-refractivity contribution in [2.24, 2.45) is 0 Å². The molecule has 3 aromatic rings. The Labute approximate surface area is 217 Å². The topological polar surface area (TPSA) is 32.7 Å². The van der Waals surface area contributed by atoms with Crippen LogP contribution >= 0.6 is 11.6 Å². The molecule has 4 heteroatoms. The van der Waals surface area contributed by atoms with E-state index in [1.54, 1.807) is 7.11 Å². The van der Waals surface area contributed by atoms with Gasteiger partial charge in [0.2, 0.25) is 0 Å². The second kappa shape index (κ2) is 14.7. The van der Waals surface area contributed by atoms with Crippen LogP contribution < -0.4 is 4.74 Å². The van der Waals surface area contributed by atoms with E-state index in [0.717, 1.165) is 45.9 Å². The van der Waals surface area contributed by atoms with Gasteiger partial charge in [-0.25, -0.2) is 0 Å². The fourth-order valence-electron chi connectivity index (χ4n) is 5.05. The Morgan fingerprint density at radius 2 is 1.43 bits per heavy atom. The fourth-order valence-corrected chi connectivity index (χ4v) is 5.22. The molecule has 1 unspecified atom stereocenters. The number of aliphatic hydroxyl groups is 1. The third kappa shape index (κ3) is 8.10. The molecule has 1 N–H and O–H groups in total. The number of methoxy groups -OCH3 is 1. The first-order chi connectivity index (χ1) is 17.1. The summed E-state index contributed by atoms with van der Waals surface area (Å²) < 4.78 is 5.51. The van der Waals surface area contributed by atoms with Gasteiger partial charge in [0, 0.05) is 11.6 Å². The van der Waals surface area contributed by atoms with Crippen LogP contribution in [0.2, 0.25) is 5.02 Å². The number of nitrogens with zero attached hydrogens (tertiary/aromatic N) is 1. The number of unbranched alkanes of at least 4 members (excludes halogenated alkanes) is 8. The molecular weight excluding hydrogens is 454 g/mol. The zero-order chi connectivity index (χ0) is 25.0. The molecule has 0 amide bonds. The lowest BCUT2D eigenvalue weighted by Crippen LogP contribution is -2.31. The zero-order valence-electron chi connectivity index (χ0n) is 22.0. The van der Waals surface area contributed by atoms with Crippen molar-refractivity contribution in [1.29, 1.82) is 0 Å². The van der Waals surface area contributed by atoms with Gasteiger partial charge in [0.05, 0.1) is 13.2 Å². The first-order valence-corrected chi connectivity index (χ1v) is 14.1. The Balaban J connectivity index is 1.82. The van der Waals surface area contributed by atoms with Crippen LogP contribution in [0.5, 0.6) is 5.75 Å². The van der Waals surface area contributed by atoms with Crippen molar-refractivity contribution >= 4 is 33.1 Å². The molecule has 0 bridgehead atoms. The van der Waals surface area contributed by atoms with Crippen LogP contribution in [0.1, 0.15) is 89.7 Å². The Kier molecular flexibility index (Phi) is 11.6. The highest BCUT2D eigenvalue weighted by atomic mass is 35.5. The quantitative estimate of drug-likeness (QED) is 0.158. The largest absolute Gasteiger partial charge is 0.497 e. The second-order valence-electron chi connectivity index (χ2n) is 9.89. The molecule has 0 saturated heterocycles. The van der Waals surface area contributed by atoms with Gasteiger partial charge in [0.25, 0.3) is 0 Å². The van der Waals surface area contributed by atoms with Crippen LogP contribution in [0.15, 0.2) is 42.5 Å². The highest BCUT2D eigenvalue weighted by molar-refractivity contribution is 6.31. The lowest BCUT2D eigenvalue weighted by atomic mass is 9.94. The minimum Gasteiger partial charge on any atom is -0.497 e. The lowest BCUT2D eigenvalue weighted by Gasteiger charge is -2.26. The SMILES string of the molecule is CCCCCCCN(CCCCCCC)CC(O)c1cc2ccc(Cl)cc2c2cc(OC)ccc12. The van der Waals surface area contributed by atoms with Crippen molar-refractivity contribution in [3.63, 3.8) is 0 Å². The lowest BCUT2D eigenvalue weighted by molar-refractivity contribution is 0.111. The number of rotatable bonds is 16. The van der Waals surface area contributed by atoms with Crippen LogP contribution in [0.4, 0.5) is 0 Å². The van der Waals surface area contributed by atoms with Crippen molar-refractivity contribution < 1.29 is 9.84 Å². The number of hydrogen-bond acceptors (Lipinski definition) is 3. The number of fused-ring (bicyclic) bond motifs is 3. The number of benzene rings is 3. The van der Waals surface area contributed by atoms with Gasteiger partial charge in [-0.3, -0.25) is 0 Å². The number of halogens is 1. The summed E-state index contributed by atoms with van der Waals surface area (Å²) in [6, 6.07) is 14.2. The second-order valence-corrected chi connectivity index (χ2v) is 10.3. The van der Waals surface area contributed by atoms with Crippen molar-refractivity contribution in [3.05, 3.63) is 53.1 Å². The predicted molar refractivity (Wildman–Crippen MR) is 152 cm³/mol. The van der Waals surface area contributed by atoms with E-state index in [-0.39, 0.29) is 0 Å². The van der Waals surface area contributed by atoms with Crippen LogP contribution in [0.3, 0.4) is 0 Å². The summed E-state index contributed by atoms with van der Waals surface area (Å²) in [4.78, 5) is 2.49. The first kappa shape index (κ1) is 27.8. The van der Waals surface area contributed by atoms with Crippen LogP contribution in [0, 0.1) is 0 Å². The first-order valence-electron chi connectivity index (χ1n) is 13.7. The van der Waals surface area contributed by atoms with E-state index in [4.69, 9.17) is 16.3 Å². The van der Waals surface area contributed by atoms with Crippen LogP contribution in [-0.2, 0) is 0 Å². The van der Waals surface area contributed by atoms with Crippen molar-refractivity contribution in [1.82, 2.24) is 4.90 Å². The maximum Gasteiger partial charge on any atom is 0.119 e. The summed E-state index contributed by atoms with van der Waals surface area (Å²) in [7, 11) is 1.69. The Morgan fingerprint density at radius 3 is 2.06 bits per heavy atom. The molecular formula is C31H44ClNO2. The van der Waals surface area contributed by atoms with Crippen LogP contribution in [-0.4, -0.2) is 36.8 Å². The molecule has 0 saturated carbocycles. The summed E-state index contributed by atoms with van der Waals surface area (Å²) in [5, 5.41) is 16.6. The zero-order valence-corrected chi connectivity index (χ0v) is 22.7. The monoisotopic (exact) mass is 497 g/mol. The molecule has 3 aromatic carbocycles. The molecule has 0 spiro atoms. The van der Waals surface area contributed by atoms with E-state index in [9.17, 15) is 5.11 Å². The highest BCUT2D eigenvalue weighted by Gasteiger charge is 2.18. The maximum atomic E-state index is 11.5. The van der Waals surface area contributed by atoms with Gasteiger partial charge in [-0.05, 0) is 83.4 Å². The Morgan fingerprint density at radius 1 is 0.771 bits per heavy atom. The molecule has 0 aromatic heterocycles. The molecule has 192 valence electrons. The number of hydrogen-bond donors (Lipinski definition) is 1. The normalized spacial score (nSPS) is 12.6. The molecule has 35 heavy (non-hydrogen) atoms. The van der Waals surface area contributed by atoms with Gasteiger partial charge in [-0.15, -0.1) is 0 Å². The van der Waals surface area contributed by atoms with Gasteiger partial charge in [0.15, 0.2) is 0 Å². The highest BCUT2D eigenvalue weighted by Crippen LogP contribution is 2.35. The number of ether oxygens (including phenoxy) is 1. The standard InChI is InChI=1S/C31H44ClNO2/c1-4-6-8-10-12-18-33(19-13-11-9-7-5-2)23-31(34)30-20-24-14-15-25(32)21-28(24)29-22-26(35-3)16-17-27(29)30/h14-17,20-22,31,34H,4-13,18-19,23H2,1-3H3. The summed E-state index contributed by atoms with van der Waals surface area (Å²) >= 11 is 6.34. The molecule has 3 nitrogen and oxygen atoms in total. The van der Waals surface area contributed by atoms with Crippen LogP contribution in [0.25, 0.3) is 21.5 Å². The molecule has 0 aliphatic heterocycles. The van der Waals surface area contributed by atoms with Gasteiger partial charge >= 0.3 is 0 Å². The molecule has 0 heterocycles. The minimum absolute atomic E-state index is 0.544. The van der Waals surface area contributed by atoms with Crippen molar-refractivity contribution in [3.8, 4) is 5.75 Å². The Hall–Kier alpha value is -1.81. The summed E-state index contributed by atoms with van der Waals surface area (Å²) in [5.41, 5.74) is 0.986. The van der Waals surface area contributed by atoms with Crippen molar-refractivity contribution in [2.45, 2.75) is 84.2 Å². The molecule has 0 radical (unpaired) electrons. The summed E-state index contributed by atoms with van der Waals surface area (Å²) in [6.45, 7) is 7.31. The van der Waals surface area contributed by atoms with Gasteiger partial charge in [-0.2, -0.15) is 0 Å². The van der Waals surface area contributed by atoms with Gasteiger partial charge in [-0.1, -0.05) is 88.9 Å². The molecule has 0 fully saturated rings. The van der Waals surface area contributed by atoms with Gasteiger partial charge in [0.1, 0.15) is 5.75 Å². The fraction of sp³-hybridized carbons (Fsp3) is 0.548. The molecule has 0 aliphatic carbocycles. The number of aliphatic hydroxyl groups excluding tert-OH is 1. The van der Waals surface area contributed by atoms with E-state index in [1.807, 2.05) is 24.3 Å². The van der Waals surface area contributed by atoms with Crippen molar-refractivity contribution in [2.75, 3.05) is 26.7 Å². The van der Waals surface area contributed by atoms with Gasteiger partial charge < -0.3 is 14.7 Å². The summed E-state index contributed by atoms with van der Waals surface area (Å²) in [6.07, 6.45) is 12.2. The Bertz CT molecular complexity index is 1040. The third-order valence-electron chi connectivity index (χ3n) is 7.10. The smallest absolute Gasteiger partial charge is 0.119 e. The molecule has 3 rings (SSSR count). The molecule has 0 aliphatic rings. The summed E-state index contributed by atoms with van der Waals surface area (Å²) in [5.74, 6) is 0.811. The van der Waals surface area contributed by atoms with E-state index in [0.29, 0.717) is 11.6 Å². The third-order valence-corrected chi connectivity index (χ3v) is 7.34. The minimum atomic E-state index is -0.544. The molecule has 1 atom stereocenters.